The highest BCUT2D eigenvalue weighted by molar-refractivity contribution is 8.00. The third-order valence-corrected chi connectivity index (χ3v) is 3.65. The number of hydrogen-bond acceptors (Lipinski definition) is 7. The van der Waals surface area contributed by atoms with Crippen molar-refractivity contribution >= 4 is 23.5 Å². The van der Waals surface area contributed by atoms with Crippen molar-refractivity contribution in [1.29, 1.82) is 5.41 Å². The topological polar surface area (TPSA) is 102 Å². The Bertz CT molecular complexity index is 511. The molecule has 0 aromatic carbocycles. The molecule has 98 valence electrons. The van der Waals surface area contributed by atoms with E-state index in [1.54, 1.807) is 5.01 Å². The van der Waals surface area contributed by atoms with Crippen molar-refractivity contribution in [2.45, 2.75) is 5.25 Å². The number of rotatable bonds is 3. The maximum absolute atomic E-state index is 11.7. The predicted octanol–water partition coefficient (Wildman–Crippen LogP) is -2.20. The van der Waals surface area contributed by atoms with Crippen LogP contribution in [-0.4, -0.2) is 43.0 Å². The second-order valence-electron chi connectivity index (χ2n) is 3.61. The van der Waals surface area contributed by atoms with Crippen molar-refractivity contribution < 1.29 is 23.6 Å². The summed E-state index contributed by atoms with van der Waals surface area (Å²) >= 11 is 1.41. The number of carbonyl (C=O) groups excluding carboxylic acids is 2. The molecule has 0 spiro atoms. The number of carbonyl (C=O) groups is 2. The van der Waals surface area contributed by atoms with Crippen molar-refractivity contribution in [2.75, 3.05) is 31.0 Å². The van der Waals surface area contributed by atoms with E-state index in [4.69, 9.17) is 5.41 Å². The number of hydrogen-bond donors (Lipinski definition) is 1. The third-order valence-electron chi connectivity index (χ3n) is 2.47. The van der Waals surface area contributed by atoms with Gasteiger partial charge in [-0.15, -0.1) is 11.8 Å². The molecule has 1 aromatic heterocycles. The second kappa shape index (κ2) is 5.25. The molecule has 1 aliphatic rings. The van der Waals surface area contributed by atoms with Gasteiger partial charge < -0.3 is 9.26 Å². The van der Waals surface area contributed by atoms with Gasteiger partial charge in [0.25, 0.3) is 17.5 Å². The molecule has 8 nitrogen and oxygen atoms in total. The van der Waals surface area contributed by atoms with Gasteiger partial charge in [0.2, 0.25) is 0 Å². The molecule has 0 bridgehead atoms. The number of esters is 1. The number of Topliss-reactive ketones (excluding diaryl/α,β-unsaturated/α-hetero) is 1. The number of thioether (sulfide) groups is 1. The van der Waals surface area contributed by atoms with Crippen LogP contribution in [0.3, 0.4) is 0 Å². The lowest BCUT2D eigenvalue weighted by atomic mass is 10.2. The molecular formula is C9H12N4O4S. The minimum atomic E-state index is -0.833. The van der Waals surface area contributed by atoms with E-state index in [1.807, 2.05) is 0 Å². The fourth-order valence-corrected chi connectivity index (χ4v) is 2.71. The van der Waals surface area contributed by atoms with Gasteiger partial charge in [0.1, 0.15) is 0 Å². The fourth-order valence-electron chi connectivity index (χ4n) is 1.58. The summed E-state index contributed by atoms with van der Waals surface area (Å²) < 4.78 is 9.06. The molecular weight excluding hydrogens is 260 g/mol. The molecule has 2 rings (SSSR count). The van der Waals surface area contributed by atoms with Crippen LogP contribution >= 0.6 is 11.8 Å². The Morgan fingerprint density at radius 3 is 3.11 bits per heavy atom. The molecule has 9 heteroatoms. The lowest BCUT2D eigenvalue weighted by molar-refractivity contribution is -0.763. The van der Waals surface area contributed by atoms with Crippen LogP contribution in [0.5, 0.6) is 0 Å². The predicted molar refractivity (Wildman–Crippen MR) is 59.3 cm³/mol. The van der Waals surface area contributed by atoms with Crippen molar-refractivity contribution in [3.8, 4) is 0 Å². The zero-order valence-corrected chi connectivity index (χ0v) is 10.5. The van der Waals surface area contributed by atoms with Crippen LogP contribution in [-0.2, 0) is 14.3 Å². The van der Waals surface area contributed by atoms with E-state index in [9.17, 15) is 9.59 Å². The highest BCUT2D eigenvalue weighted by Crippen LogP contribution is 2.17. The third kappa shape index (κ3) is 2.55. The van der Waals surface area contributed by atoms with Crippen LogP contribution in [0.25, 0.3) is 0 Å². The maximum Gasteiger partial charge on any atom is 0.375 e. The first-order chi connectivity index (χ1) is 8.61. The zero-order chi connectivity index (χ0) is 13.1. The average Bonchev–Trinajstić information content (AvgIpc) is 2.84. The van der Waals surface area contributed by atoms with Crippen molar-refractivity contribution in [3.05, 3.63) is 11.8 Å². The second-order valence-corrected chi connectivity index (χ2v) is 4.93. The molecule has 0 aliphatic carbocycles. The summed E-state index contributed by atoms with van der Waals surface area (Å²) in [6.45, 7) is 0.988. The number of methoxy groups -OCH3 is 1. The van der Waals surface area contributed by atoms with Gasteiger partial charge in [0, 0.05) is 13.1 Å². The smallest absolute Gasteiger partial charge is 0.375 e. The molecule has 1 fully saturated rings. The van der Waals surface area contributed by atoms with Gasteiger partial charge in [0.15, 0.2) is 0 Å². The molecule has 0 saturated carbocycles. The Kier molecular flexibility index (Phi) is 3.70. The Hall–Kier alpha value is -1.77. The summed E-state index contributed by atoms with van der Waals surface area (Å²) in [6, 6.07) is 0. The number of ether oxygens (including phenoxy) is 1. The number of aromatic nitrogens is 2. The summed E-state index contributed by atoms with van der Waals surface area (Å²) in [5, 5.41) is 12.1. The number of nitrogens with one attached hydrogen (secondary N) is 1. The fraction of sp³-hybridized carbons (Fsp3) is 0.556. The van der Waals surface area contributed by atoms with Gasteiger partial charge in [-0.05, 0) is 11.0 Å². The van der Waals surface area contributed by atoms with E-state index in [0.29, 0.717) is 18.8 Å². The van der Waals surface area contributed by atoms with Gasteiger partial charge in [-0.1, -0.05) is 4.79 Å². The van der Waals surface area contributed by atoms with Gasteiger partial charge in [-0.3, -0.25) is 15.2 Å². The van der Waals surface area contributed by atoms with Crippen LogP contribution < -0.4 is 20.6 Å². The highest BCUT2D eigenvalue weighted by Gasteiger charge is 2.31. The largest absolute Gasteiger partial charge is 0.463 e. The van der Waals surface area contributed by atoms with Crippen LogP contribution in [0.2, 0.25) is 0 Å². The van der Waals surface area contributed by atoms with Crippen molar-refractivity contribution in [3.63, 3.8) is 0 Å². The van der Waals surface area contributed by atoms with Gasteiger partial charge in [0.05, 0.1) is 12.4 Å². The van der Waals surface area contributed by atoms with Gasteiger partial charge >= 0.3 is 5.97 Å². The monoisotopic (exact) mass is 272 g/mol. The Morgan fingerprint density at radius 1 is 1.72 bits per heavy atom. The highest BCUT2D eigenvalue weighted by atomic mass is 32.2. The molecule has 1 saturated heterocycles. The summed E-state index contributed by atoms with van der Waals surface area (Å²) in [7, 11) is 1.18. The first kappa shape index (κ1) is 12.7. The standard InChI is InChI=1S/C9H12N4O4S/c1-16-9(15)8(14)6-4-12(2-3-18-6)13-5-7(10)17-11-13/h5-6,10H,2-4H2,1H3. The molecule has 0 amide bonds. The van der Waals surface area contributed by atoms with Crippen LogP contribution in [0.1, 0.15) is 0 Å². The minimum absolute atomic E-state index is 0.0657. The Morgan fingerprint density at radius 2 is 2.50 bits per heavy atom. The quantitative estimate of drug-likeness (QED) is 0.378. The van der Waals surface area contributed by atoms with Gasteiger partial charge in [-0.25, -0.2) is 4.79 Å². The first-order valence-electron chi connectivity index (χ1n) is 5.21. The summed E-state index contributed by atoms with van der Waals surface area (Å²) in [6.07, 6.45) is 1.40. The van der Waals surface area contributed by atoms with Gasteiger partial charge in [-0.2, -0.15) is 0 Å². The summed E-state index contributed by atoms with van der Waals surface area (Å²) in [4.78, 5) is 24.3. The molecule has 1 atom stereocenters. The molecule has 1 unspecified atom stereocenters. The lowest BCUT2D eigenvalue weighted by Gasteiger charge is -2.31. The number of nitrogens with zero attached hydrogens (tertiary/aromatic N) is 3. The van der Waals surface area contributed by atoms with Crippen LogP contribution in [0.4, 0.5) is 0 Å². The Balaban J connectivity index is 2.07. The lowest BCUT2D eigenvalue weighted by Crippen LogP contribution is -2.65. The summed E-state index contributed by atoms with van der Waals surface area (Å²) in [5.74, 6) is -0.705. The molecule has 1 aromatic rings. The van der Waals surface area contributed by atoms with Crippen molar-refractivity contribution in [1.82, 2.24) is 5.27 Å². The van der Waals surface area contributed by atoms with E-state index in [0.717, 1.165) is 0 Å². The normalized spacial score (nSPS) is 19.6. The van der Waals surface area contributed by atoms with Crippen LogP contribution in [0, 0.1) is 5.41 Å². The van der Waals surface area contributed by atoms with Crippen molar-refractivity contribution in [2.24, 2.45) is 0 Å². The van der Waals surface area contributed by atoms with E-state index in [-0.39, 0.29) is 5.55 Å². The number of ketones is 1. The molecule has 2 heterocycles. The molecule has 1 aliphatic heterocycles. The first-order valence-corrected chi connectivity index (χ1v) is 6.26. The average molecular weight is 272 g/mol. The van der Waals surface area contributed by atoms with E-state index < -0.39 is 17.0 Å². The SMILES string of the molecule is COC(=O)C(=O)C1CN([n+]2cc(=N)o[n-]2)CCS1. The van der Waals surface area contributed by atoms with E-state index in [1.165, 1.54) is 29.9 Å². The Labute approximate surface area is 106 Å². The minimum Gasteiger partial charge on any atom is -0.463 e. The molecule has 18 heavy (non-hydrogen) atoms. The summed E-state index contributed by atoms with van der Waals surface area (Å²) in [5.41, 5.74) is -0.0657. The molecule has 0 radical (unpaired) electrons. The van der Waals surface area contributed by atoms with E-state index in [2.05, 4.69) is 14.5 Å². The maximum atomic E-state index is 11.7. The zero-order valence-electron chi connectivity index (χ0n) is 9.66. The van der Waals surface area contributed by atoms with Crippen LogP contribution in [0.15, 0.2) is 10.7 Å². The van der Waals surface area contributed by atoms with E-state index >= 15 is 0 Å². The molecule has 1 N–H and O–H groups in total.